The predicted octanol–water partition coefficient (Wildman–Crippen LogP) is 2.61. The van der Waals surface area contributed by atoms with E-state index in [0.717, 1.165) is 6.07 Å². The molecule has 1 N–H and O–H groups in total. The molecule has 1 atom stereocenters. The molecular formula is C15H20FNO5. The standard InChI is InChI=1S/C15H20FNO5/c1-15(2,3)22-14(19)17-10(8-18)12-11(20-4)7-6-9(16)13(12)21-5/h6-8,10H,1-5H3,(H,17,19). The zero-order valence-corrected chi connectivity index (χ0v) is 13.2. The van der Waals surface area contributed by atoms with E-state index in [1.807, 2.05) is 0 Å². The average molecular weight is 313 g/mol. The average Bonchev–Trinajstić information content (AvgIpc) is 2.42. The van der Waals surface area contributed by atoms with Gasteiger partial charge in [0, 0.05) is 0 Å². The normalized spacial score (nSPS) is 12.3. The first kappa shape index (κ1) is 17.7. The van der Waals surface area contributed by atoms with Gasteiger partial charge in [0.05, 0.1) is 19.8 Å². The van der Waals surface area contributed by atoms with E-state index in [0.29, 0.717) is 6.29 Å². The van der Waals surface area contributed by atoms with E-state index >= 15 is 0 Å². The Bertz CT molecular complexity index is 554. The van der Waals surface area contributed by atoms with Gasteiger partial charge in [-0.25, -0.2) is 9.18 Å². The summed E-state index contributed by atoms with van der Waals surface area (Å²) in [6.45, 7) is 5.06. The minimum atomic E-state index is -1.17. The van der Waals surface area contributed by atoms with Crippen molar-refractivity contribution in [3.05, 3.63) is 23.5 Å². The van der Waals surface area contributed by atoms with Crippen molar-refractivity contribution in [1.29, 1.82) is 0 Å². The Morgan fingerprint density at radius 1 is 1.27 bits per heavy atom. The van der Waals surface area contributed by atoms with Crippen molar-refractivity contribution >= 4 is 12.4 Å². The number of amides is 1. The second kappa shape index (κ2) is 7.11. The van der Waals surface area contributed by atoms with E-state index in [9.17, 15) is 14.0 Å². The van der Waals surface area contributed by atoms with Gasteiger partial charge in [-0.1, -0.05) is 0 Å². The van der Waals surface area contributed by atoms with Crippen molar-refractivity contribution in [3.8, 4) is 11.5 Å². The predicted molar refractivity (Wildman–Crippen MR) is 77.7 cm³/mol. The van der Waals surface area contributed by atoms with Gasteiger partial charge in [0.15, 0.2) is 11.6 Å². The maximum Gasteiger partial charge on any atom is 0.408 e. The molecule has 0 aliphatic heterocycles. The largest absolute Gasteiger partial charge is 0.496 e. The number of benzene rings is 1. The van der Waals surface area contributed by atoms with Gasteiger partial charge in [-0.3, -0.25) is 0 Å². The summed E-state index contributed by atoms with van der Waals surface area (Å²) in [4.78, 5) is 23.2. The number of alkyl carbamates (subject to hydrolysis) is 1. The van der Waals surface area contributed by atoms with Crippen LogP contribution in [0.15, 0.2) is 12.1 Å². The molecule has 0 aromatic heterocycles. The first-order valence-corrected chi connectivity index (χ1v) is 6.58. The van der Waals surface area contributed by atoms with Gasteiger partial charge < -0.3 is 24.3 Å². The van der Waals surface area contributed by atoms with Gasteiger partial charge in [0.25, 0.3) is 0 Å². The molecule has 6 nitrogen and oxygen atoms in total. The van der Waals surface area contributed by atoms with Crippen LogP contribution in [0.3, 0.4) is 0 Å². The van der Waals surface area contributed by atoms with E-state index in [1.165, 1.54) is 20.3 Å². The summed E-state index contributed by atoms with van der Waals surface area (Å²) in [5.41, 5.74) is -0.640. The highest BCUT2D eigenvalue weighted by Crippen LogP contribution is 2.35. The number of rotatable bonds is 5. The Morgan fingerprint density at radius 3 is 2.36 bits per heavy atom. The van der Waals surface area contributed by atoms with Gasteiger partial charge in [-0.2, -0.15) is 0 Å². The molecule has 0 saturated heterocycles. The maximum atomic E-state index is 13.8. The second-order valence-corrected chi connectivity index (χ2v) is 5.46. The van der Waals surface area contributed by atoms with Crippen LogP contribution in [-0.4, -0.2) is 32.2 Å². The third-order valence-electron chi connectivity index (χ3n) is 2.65. The molecule has 0 fully saturated rings. The summed E-state index contributed by atoms with van der Waals surface area (Å²) in [7, 11) is 2.63. The molecule has 0 aliphatic rings. The highest BCUT2D eigenvalue weighted by Gasteiger charge is 2.27. The number of halogens is 1. The summed E-state index contributed by atoms with van der Waals surface area (Å²) < 4.78 is 29.0. The van der Waals surface area contributed by atoms with Crippen molar-refractivity contribution in [2.24, 2.45) is 0 Å². The number of ether oxygens (including phenoxy) is 3. The third kappa shape index (κ3) is 4.34. The highest BCUT2D eigenvalue weighted by atomic mass is 19.1. The molecule has 1 aromatic carbocycles. The van der Waals surface area contributed by atoms with Crippen LogP contribution >= 0.6 is 0 Å². The molecule has 0 aliphatic carbocycles. The summed E-state index contributed by atoms with van der Waals surface area (Å²) in [5.74, 6) is -0.630. The number of carbonyl (C=O) groups is 2. The topological polar surface area (TPSA) is 73.9 Å². The van der Waals surface area contributed by atoms with Gasteiger partial charge in [-0.05, 0) is 32.9 Å². The van der Waals surface area contributed by atoms with Crippen LogP contribution in [0.4, 0.5) is 9.18 Å². The molecule has 122 valence electrons. The fraction of sp³-hybridized carbons (Fsp3) is 0.467. The van der Waals surface area contributed by atoms with Gasteiger partial charge in [0.1, 0.15) is 23.7 Å². The Hall–Kier alpha value is -2.31. The van der Waals surface area contributed by atoms with E-state index in [1.54, 1.807) is 20.8 Å². The minimum Gasteiger partial charge on any atom is -0.496 e. The number of nitrogens with one attached hydrogen (secondary N) is 1. The number of hydrogen-bond donors (Lipinski definition) is 1. The highest BCUT2D eigenvalue weighted by molar-refractivity contribution is 5.76. The molecular weight excluding hydrogens is 293 g/mol. The Kier molecular flexibility index (Phi) is 5.73. The molecule has 0 radical (unpaired) electrons. The van der Waals surface area contributed by atoms with Crippen LogP contribution in [0.25, 0.3) is 0 Å². The molecule has 1 unspecified atom stereocenters. The number of hydrogen-bond acceptors (Lipinski definition) is 5. The molecule has 0 saturated carbocycles. The van der Waals surface area contributed by atoms with E-state index in [4.69, 9.17) is 14.2 Å². The summed E-state index contributed by atoms with van der Waals surface area (Å²) in [5, 5.41) is 2.36. The van der Waals surface area contributed by atoms with Crippen molar-refractivity contribution in [1.82, 2.24) is 5.32 Å². The minimum absolute atomic E-state index is 0.0888. The van der Waals surface area contributed by atoms with Gasteiger partial charge in [0.2, 0.25) is 0 Å². The van der Waals surface area contributed by atoms with Gasteiger partial charge >= 0.3 is 6.09 Å². The van der Waals surface area contributed by atoms with Crippen molar-refractivity contribution < 1.29 is 28.2 Å². The lowest BCUT2D eigenvalue weighted by atomic mass is 10.0. The van der Waals surface area contributed by atoms with Crippen LogP contribution in [0.2, 0.25) is 0 Å². The van der Waals surface area contributed by atoms with E-state index < -0.39 is 23.6 Å². The zero-order valence-electron chi connectivity index (χ0n) is 13.2. The molecule has 1 aromatic rings. The maximum absolute atomic E-state index is 13.8. The number of aldehydes is 1. The summed E-state index contributed by atoms with van der Waals surface area (Å²) in [6.07, 6.45) is -0.359. The quantitative estimate of drug-likeness (QED) is 0.846. The Morgan fingerprint density at radius 2 is 1.91 bits per heavy atom. The lowest BCUT2D eigenvalue weighted by Gasteiger charge is -2.23. The molecule has 7 heteroatoms. The molecule has 1 amide bonds. The second-order valence-electron chi connectivity index (χ2n) is 5.46. The lowest BCUT2D eigenvalue weighted by Crippen LogP contribution is -2.35. The first-order valence-electron chi connectivity index (χ1n) is 6.58. The molecule has 0 bridgehead atoms. The molecule has 0 spiro atoms. The van der Waals surface area contributed by atoms with Crippen LogP contribution in [-0.2, 0) is 9.53 Å². The van der Waals surface area contributed by atoms with Crippen LogP contribution in [0, 0.1) is 5.82 Å². The van der Waals surface area contributed by atoms with Crippen molar-refractivity contribution in [2.75, 3.05) is 14.2 Å². The molecule has 0 heterocycles. The van der Waals surface area contributed by atoms with Crippen molar-refractivity contribution in [2.45, 2.75) is 32.4 Å². The molecule has 22 heavy (non-hydrogen) atoms. The van der Waals surface area contributed by atoms with Gasteiger partial charge in [-0.15, -0.1) is 0 Å². The fourth-order valence-corrected chi connectivity index (χ4v) is 1.84. The smallest absolute Gasteiger partial charge is 0.408 e. The zero-order chi connectivity index (χ0) is 16.9. The van der Waals surface area contributed by atoms with Crippen LogP contribution in [0.5, 0.6) is 11.5 Å². The summed E-state index contributed by atoms with van der Waals surface area (Å²) in [6, 6.07) is 1.33. The first-order chi connectivity index (χ1) is 10.2. The summed E-state index contributed by atoms with van der Waals surface area (Å²) >= 11 is 0. The monoisotopic (exact) mass is 313 g/mol. The van der Waals surface area contributed by atoms with Crippen LogP contribution in [0.1, 0.15) is 32.4 Å². The van der Waals surface area contributed by atoms with E-state index in [-0.39, 0.29) is 17.1 Å². The van der Waals surface area contributed by atoms with Crippen LogP contribution < -0.4 is 14.8 Å². The molecule has 1 rings (SSSR count). The number of carbonyl (C=O) groups excluding carboxylic acids is 2. The Labute approximate surface area is 128 Å². The number of methoxy groups -OCH3 is 2. The SMILES string of the molecule is COc1ccc(F)c(OC)c1C(C=O)NC(=O)OC(C)(C)C. The fourth-order valence-electron chi connectivity index (χ4n) is 1.84. The van der Waals surface area contributed by atoms with E-state index in [2.05, 4.69) is 5.32 Å². The Balaban J connectivity index is 3.17. The third-order valence-corrected chi connectivity index (χ3v) is 2.65. The lowest BCUT2D eigenvalue weighted by molar-refractivity contribution is -0.109. The van der Waals surface area contributed by atoms with Crippen molar-refractivity contribution in [3.63, 3.8) is 0 Å².